The number of sulfone groups is 1. The molecule has 0 spiro atoms. The van der Waals surface area contributed by atoms with Crippen molar-refractivity contribution in [2.75, 3.05) is 0 Å². The fourth-order valence-electron chi connectivity index (χ4n) is 2.99. The van der Waals surface area contributed by atoms with Crippen LogP contribution in [0.4, 0.5) is 0 Å². The van der Waals surface area contributed by atoms with Crippen LogP contribution in [0.1, 0.15) is 27.0 Å². The van der Waals surface area contributed by atoms with Crippen LogP contribution < -0.4 is 0 Å². The van der Waals surface area contributed by atoms with E-state index in [1.807, 2.05) is 32.0 Å². The summed E-state index contributed by atoms with van der Waals surface area (Å²) < 4.78 is 27.5. The number of benzene rings is 3. The van der Waals surface area contributed by atoms with E-state index in [4.69, 9.17) is 11.6 Å². The van der Waals surface area contributed by atoms with Crippen molar-refractivity contribution in [3.63, 3.8) is 0 Å². The molecule has 0 amide bonds. The topological polar surface area (TPSA) is 51.2 Å². The normalized spacial score (nSPS) is 12.1. The zero-order valence-corrected chi connectivity index (χ0v) is 19.0. The van der Waals surface area contributed by atoms with Crippen LogP contribution in [-0.4, -0.2) is 14.2 Å². The van der Waals surface area contributed by atoms with Gasteiger partial charge in [-0.15, -0.1) is 0 Å². The zero-order chi connectivity index (χ0) is 21.2. The summed E-state index contributed by atoms with van der Waals surface area (Å²) in [4.78, 5) is 13.0. The Morgan fingerprint density at radius 2 is 1.45 bits per heavy atom. The quantitative estimate of drug-likeness (QED) is 0.307. The Bertz CT molecular complexity index is 1180. The van der Waals surface area contributed by atoms with Gasteiger partial charge in [0.25, 0.3) is 0 Å². The molecule has 148 valence electrons. The van der Waals surface area contributed by atoms with Gasteiger partial charge in [-0.3, -0.25) is 4.79 Å². The van der Waals surface area contributed by atoms with Crippen LogP contribution in [0.25, 0.3) is 6.08 Å². The van der Waals surface area contributed by atoms with Crippen molar-refractivity contribution in [2.45, 2.75) is 18.7 Å². The first-order valence-electron chi connectivity index (χ1n) is 8.78. The second kappa shape index (κ2) is 8.66. The molecule has 0 radical (unpaired) electrons. The van der Waals surface area contributed by atoms with Gasteiger partial charge in [0, 0.05) is 15.1 Å². The average Bonchev–Trinajstić information content (AvgIpc) is 2.65. The van der Waals surface area contributed by atoms with Gasteiger partial charge in [0.15, 0.2) is 0 Å². The zero-order valence-electron chi connectivity index (χ0n) is 15.8. The number of hydrogen-bond donors (Lipinski definition) is 0. The van der Waals surface area contributed by atoms with Gasteiger partial charge < -0.3 is 0 Å². The second-order valence-electron chi connectivity index (χ2n) is 6.72. The largest absolute Gasteiger partial charge is 0.288 e. The summed E-state index contributed by atoms with van der Waals surface area (Å²) >= 11 is 9.22. The van der Waals surface area contributed by atoms with Gasteiger partial charge in [0.05, 0.1) is 4.90 Å². The van der Waals surface area contributed by atoms with E-state index in [0.29, 0.717) is 10.6 Å². The van der Waals surface area contributed by atoms with Gasteiger partial charge in [0.1, 0.15) is 4.91 Å². The molecule has 3 nitrogen and oxygen atoms in total. The number of carbonyl (C=O) groups excluding carboxylic acids is 1. The second-order valence-corrected chi connectivity index (χ2v) is 9.99. The van der Waals surface area contributed by atoms with E-state index in [9.17, 15) is 13.2 Å². The van der Waals surface area contributed by atoms with Crippen LogP contribution in [0.3, 0.4) is 0 Å². The molecular weight excluding hydrogens is 472 g/mol. The minimum absolute atomic E-state index is 0.0543. The molecule has 0 atom stereocenters. The number of rotatable bonds is 5. The van der Waals surface area contributed by atoms with Crippen molar-refractivity contribution in [3.8, 4) is 0 Å². The number of ketones is 1. The van der Waals surface area contributed by atoms with Crippen LogP contribution in [0.2, 0.25) is 5.02 Å². The van der Waals surface area contributed by atoms with E-state index >= 15 is 0 Å². The summed E-state index contributed by atoms with van der Waals surface area (Å²) in [6, 6.07) is 18.1. The lowest BCUT2D eigenvalue weighted by Crippen LogP contribution is -2.14. The Morgan fingerprint density at radius 3 is 2.00 bits per heavy atom. The van der Waals surface area contributed by atoms with Crippen LogP contribution >= 0.6 is 27.5 Å². The monoisotopic (exact) mass is 488 g/mol. The van der Waals surface area contributed by atoms with Gasteiger partial charge in [0.2, 0.25) is 15.6 Å². The molecule has 0 bridgehead atoms. The number of hydrogen-bond acceptors (Lipinski definition) is 3. The van der Waals surface area contributed by atoms with E-state index in [0.717, 1.165) is 15.6 Å². The third kappa shape index (κ3) is 5.04. The Kier molecular flexibility index (Phi) is 6.42. The number of halogens is 2. The van der Waals surface area contributed by atoms with Crippen molar-refractivity contribution in [3.05, 3.63) is 103 Å². The lowest BCUT2D eigenvalue weighted by molar-refractivity contribution is 0.104. The highest BCUT2D eigenvalue weighted by atomic mass is 79.9. The highest BCUT2D eigenvalue weighted by molar-refractivity contribution is 9.10. The van der Waals surface area contributed by atoms with Gasteiger partial charge in [-0.05, 0) is 74.0 Å². The molecule has 6 heteroatoms. The predicted octanol–water partition coefficient (Wildman–Crippen LogP) is 6.42. The van der Waals surface area contributed by atoms with Crippen molar-refractivity contribution < 1.29 is 13.2 Å². The number of aryl methyl sites for hydroxylation is 2. The first-order chi connectivity index (χ1) is 13.7. The minimum Gasteiger partial charge on any atom is -0.288 e. The van der Waals surface area contributed by atoms with E-state index in [1.165, 1.54) is 30.3 Å². The first-order valence-corrected chi connectivity index (χ1v) is 11.4. The Morgan fingerprint density at radius 1 is 0.897 bits per heavy atom. The highest BCUT2D eigenvalue weighted by Gasteiger charge is 2.28. The molecule has 0 fully saturated rings. The van der Waals surface area contributed by atoms with E-state index in [1.54, 1.807) is 24.3 Å². The SMILES string of the molecule is Cc1cc(C)cc(/C=C(\C(=O)c2ccc(Cl)cc2)S(=O)(=O)c2ccc(Br)cc2)c1. The molecule has 0 N–H and O–H groups in total. The fraction of sp³-hybridized carbons (Fsp3) is 0.0870. The molecule has 0 saturated heterocycles. The van der Waals surface area contributed by atoms with E-state index in [2.05, 4.69) is 15.9 Å². The molecule has 0 heterocycles. The molecule has 0 aliphatic carbocycles. The smallest absolute Gasteiger partial charge is 0.210 e. The predicted molar refractivity (Wildman–Crippen MR) is 121 cm³/mol. The molecule has 3 aromatic carbocycles. The third-order valence-electron chi connectivity index (χ3n) is 4.29. The third-order valence-corrected chi connectivity index (χ3v) is 6.84. The van der Waals surface area contributed by atoms with Crippen molar-refractivity contribution in [2.24, 2.45) is 0 Å². The van der Waals surface area contributed by atoms with Gasteiger partial charge in [-0.25, -0.2) is 8.42 Å². The number of carbonyl (C=O) groups is 1. The van der Waals surface area contributed by atoms with Crippen LogP contribution in [0.15, 0.2) is 81.0 Å². The van der Waals surface area contributed by atoms with Crippen molar-refractivity contribution in [1.82, 2.24) is 0 Å². The summed E-state index contributed by atoms with van der Waals surface area (Å²) in [5.41, 5.74) is 2.87. The molecule has 0 unspecified atom stereocenters. The summed E-state index contributed by atoms with van der Waals surface area (Å²) in [5, 5.41) is 0.470. The molecular formula is C23H18BrClO3S. The maximum Gasteiger partial charge on any atom is 0.210 e. The molecule has 0 saturated carbocycles. The molecule has 0 aliphatic rings. The molecule has 0 aliphatic heterocycles. The van der Waals surface area contributed by atoms with Crippen LogP contribution in [-0.2, 0) is 9.84 Å². The molecule has 0 aromatic heterocycles. The highest BCUT2D eigenvalue weighted by Crippen LogP contribution is 2.27. The lowest BCUT2D eigenvalue weighted by Gasteiger charge is -2.10. The first kappa shape index (κ1) is 21.5. The maximum absolute atomic E-state index is 13.4. The molecule has 3 rings (SSSR count). The van der Waals surface area contributed by atoms with Gasteiger partial charge in [-0.2, -0.15) is 0 Å². The molecule has 29 heavy (non-hydrogen) atoms. The lowest BCUT2D eigenvalue weighted by atomic mass is 10.1. The maximum atomic E-state index is 13.4. The standard InChI is InChI=1S/C23H18BrClO3S/c1-15-11-16(2)13-17(12-15)14-22(23(26)18-3-7-20(25)8-4-18)29(27,28)21-9-5-19(24)6-10-21/h3-14H,1-2H3/b22-14+. The Labute approximate surface area is 184 Å². The van der Waals surface area contributed by atoms with Gasteiger partial charge >= 0.3 is 0 Å². The van der Waals surface area contributed by atoms with E-state index < -0.39 is 15.6 Å². The van der Waals surface area contributed by atoms with Crippen molar-refractivity contribution >= 4 is 49.2 Å². The summed E-state index contributed by atoms with van der Waals surface area (Å²) in [5.74, 6) is -0.580. The van der Waals surface area contributed by atoms with Gasteiger partial charge in [-0.1, -0.05) is 56.9 Å². The number of allylic oxidation sites excluding steroid dienone is 1. The fourth-order valence-corrected chi connectivity index (χ4v) is 4.79. The summed E-state index contributed by atoms with van der Waals surface area (Å²) in [6.07, 6.45) is 1.44. The summed E-state index contributed by atoms with van der Waals surface area (Å²) in [6.45, 7) is 3.85. The van der Waals surface area contributed by atoms with Crippen LogP contribution in [0.5, 0.6) is 0 Å². The van der Waals surface area contributed by atoms with E-state index in [-0.39, 0.29) is 15.4 Å². The minimum atomic E-state index is -4.04. The summed E-state index contributed by atoms with van der Waals surface area (Å²) in [7, 11) is -4.04. The van der Waals surface area contributed by atoms with Crippen LogP contribution in [0, 0.1) is 13.8 Å². The number of Topliss-reactive ketones (excluding diaryl/α,β-unsaturated/α-hetero) is 1. The van der Waals surface area contributed by atoms with Crippen molar-refractivity contribution in [1.29, 1.82) is 0 Å². The average molecular weight is 490 g/mol. The molecule has 3 aromatic rings. The Balaban J connectivity index is 2.20. The Hall–Kier alpha value is -2.21.